The van der Waals surface area contributed by atoms with Crippen LogP contribution in [0.5, 0.6) is 0 Å². The molecule has 1 atom stereocenters. The smallest absolute Gasteiger partial charge is 0.233 e. The van der Waals surface area contributed by atoms with E-state index in [0.29, 0.717) is 0 Å². The number of hydrogen-bond acceptors (Lipinski definition) is 1. The monoisotopic (exact) mass is 305 g/mol. The maximum Gasteiger partial charge on any atom is 0.233 e. The van der Waals surface area contributed by atoms with Crippen LogP contribution in [0.4, 0.5) is 8.78 Å². The Kier molecular flexibility index (Phi) is 5.55. The highest BCUT2D eigenvalue weighted by Crippen LogP contribution is 2.11. The number of benzene rings is 1. The number of alkyl halides is 2. The van der Waals surface area contributed by atoms with Gasteiger partial charge in [-0.25, -0.2) is 8.78 Å². The van der Waals surface area contributed by atoms with E-state index in [1.165, 1.54) is 17.0 Å². The number of halogens is 3. The van der Waals surface area contributed by atoms with Crippen LogP contribution in [0.2, 0.25) is 0 Å². The average Bonchev–Trinajstić information content (AvgIpc) is 2.36. The number of carbonyl (C=O) groups is 1. The van der Waals surface area contributed by atoms with E-state index in [1.807, 2.05) is 0 Å². The SMILES string of the molecule is C[C@@H](CF)N(Cc1ccc(F)cc1)C(=O)CBr. The topological polar surface area (TPSA) is 20.3 Å². The summed E-state index contributed by atoms with van der Waals surface area (Å²) in [6.07, 6.45) is 0. The summed E-state index contributed by atoms with van der Waals surface area (Å²) in [4.78, 5) is 13.1. The molecule has 1 aromatic carbocycles. The molecule has 0 saturated heterocycles. The van der Waals surface area contributed by atoms with Crippen LogP contribution in [0, 0.1) is 5.82 Å². The predicted molar refractivity (Wildman–Crippen MR) is 66.2 cm³/mol. The zero-order chi connectivity index (χ0) is 12.8. The summed E-state index contributed by atoms with van der Waals surface area (Å²) < 4.78 is 25.4. The Hall–Kier alpha value is -0.970. The van der Waals surface area contributed by atoms with E-state index in [1.54, 1.807) is 19.1 Å². The molecule has 17 heavy (non-hydrogen) atoms. The summed E-state index contributed by atoms with van der Waals surface area (Å²) in [7, 11) is 0. The van der Waals surface area contributed by atoms with Crippen molar-refractivity contribution in [3.05, 3.63) is 35.6 Å². The summed E-state index contributed by atoms with van der Waals surface area (Å²) >= 11 is 3.06. The van der Waals surface area contributed by atoms with Gasteiger partial charge >= 0.3 is 0 Å². The van der Waals surface area contributed by atoms with E-state index < -0.39 is 12.7 Å². The van der Waals surface area contributed by atoms with E-state index in [-0.39, 0.29) is 23.6 Å². The molecular formula is C12H14BrF2NO. The molecule has 0 heterocycles. The molecular weight excluding hydrogens is 292 g/mol. The maximum absolute atomic E-state index is 12.7. The molecule has 0 N–H and O–H groups in total. The van der Waals surface area contributed by atoms with E-state index in [0.717, 1.165) is 5.56 Å². The summed E-state index contributed by atoms with van der Waals surface area (Å²) in [6, 6.07) is 5.35. The second-order valence-electron chi connectivity index (χ2n) is 3.79. The second-order valence-corrected chi connectivity index (χ2v) is 4.35. The molecule has 2 nitrogen and oxygen atoms in total. The molecule has 1 aromatic rings. The van der Waals surface area contributed by atoms with Crippen LogP contribution >= 0.6 is 15.9 Å². The van der Waals surface area contributed by atoms with Crippen molar-refractivity contribution in [3.8, 4) is 0 Å². The molecule has 0 aromatic heterocycles. The van der Waals surface area contributed by atoms with E-state index in [2.05, 4.69) is 15.9 Å². The average molecular weight is 306 g/mol. The summed E-state index contributed by atoms with van der Waals surface area (Å²) in [6.45, 7) is 1.33. The molecule has 0 unspecified atom stereocenters. The maximum atomic E-state index is 12.7. The van der Waals surface area contributed by atoms with Gasteiger partial charge in [0.1, 0.15) is 12.5 Å². The molecule has 1 amide bonds. The first kappa shape index (κ1) is 14.1. The molecule has 0 aliphatic heterocycles. The quantitative estimate of drug-likeness (QED) is 0.766. The highest BCUT2D eigenvalue weighted by Gasteiger charge is 2.19. The predicted octanol–water partition coefficient (Wildman–Crippen LogP) is 2.91. The largest absolute Gasteiger partial charge is 0.332 e. The van der Waals surface area contributed by atoms with Gasteiger partial charge in [0, 0.05) is 6.54 Å². The van der Waals surface area contributed by atoms with Crippen LogP contribution in [0.3, 0.4) is 0 Å². The van der Waals surface area contributed by atoms with Gasteiger partial charge in [-0.2, -0.15) is 0 Å². The van der Waals surface area contributed by atoms with Crippen LogP contribution in [0.1, 0.15) is 12.5 Å². The number of amides is 1. The lowest BCUT2D eigenvalue weighted by Gasteiger charge is -2.27. The van der Waals surface area contributed by atoms with Gasteiger partial charge < -0.3 is 4.90 Å². The minimum Gasteiger partial charge on any atom is -0.332 e. The third kappa shape index (κ3) is 4.07. The molecule has 0 bridgehead atoms. The van der Waals surface area contributed by atoms with Crippen molar-refractivity contribution < 1.29 is 13.6 Å². The number of carbonyl (C=O) groups excluding carboxylic acids is 1. The summed E-state index contributed by atoms with van der Waals surface area (Å²) in [5.41, 5.74) is 0.779. The number of hydrogen-bond donors (Lipinski definition) is 0. The second kappa shape index (κ2) is 6.69. The van der Waals surface area contributed by atoms with E-state index in [9.17, 15) is 13.6 Å². The first-order valence-electron chi connectivity index (χ1n) is 5.24. The molecule has 0 saturated carbocycles. The van der Waals surface area contributed by atoms with Crippen LogP contribution < -0.4 is 0 Å². The Labute approximate surface area is 108 Å². The van der Waals surface area contributed by atoms with Crippen molar-refractivity contribution in [2.24, 2.45) is 0 Å². The van der Waals surface area contributed by atoms with Crippen LogP contribution in [0.15, 0.2) is 24.3 Å². The Morgan fingerprint density at radius 2 is 2.00 bits per heavy atom. The van der Waals surface area contributed by atoms with E-state index in [4.69, 9.17) is 0 Å². The highest BCUT2D eigenvalue weighted by molar-refractivity contribution is 9.09. The zero-order valence-corrected chi connectivity index (χ0v) is 11.1. The van der Waals surface area contributed by atoms with Crippen LogP contribution in [0.25, 0.3) is 0 Å². The minimum atomic E-state index is -0.597. The van der Waals surface area contributed by atoms with Gasteiger partial charge in [-0.1, -0.05) is 28.1 Å². The van der Waals surface area contributed by atoms with Crippen molar-refractivity contribution in [2.75, 3.05) is 12.0 Å². The Morgan fingerprint density at radius 3 is 2.47 bits per heavy atom. The number of nitrogens with zero attached hydrogens (tertiary/aromatic N) is 1. The molecule has 0 spiro atoms. The van der Waals surface area contributed by atoms with Gasteiger partial charge in [0.25, 0.3) is 0 Å². The third-order valence-corrected chi connectivity index (χ3v) is 2.94. The Morgan fingerprint density at radius 1 is 1.41 bits per heavy atom. The van der Waals surface area contributed by atoms with Crippen molar-refractivity contribution in [1.82, 2.24) is 4.90 Å². The zero-order valence-electron chi connectivity index (χ0n) is 9.50. The van der Waals surface area contributed by atoms with Gasteiger partial charge in [-0.05, 0) is 24.6 Å². The van der Waals surface area contributed by atoms with Crippen molar-refractivity contribution >= 4 is 21.8 Å². The molecule has 0 radical (unpaired) electrons. The normalized spacial score (nSPS) is 12.2. The number of rotatable bonds is 5. The van der Waals surface area contributed by atoms with Crippen molar-refractivity contribution in [1.29, 1.82) is 0 Å². The van der Waals surface area contributed by atoms with Gasteiger partial charge in [0.15, 0.2) is 0 Å². The Bertz CT molecular complexity index is 369. The van der Waals surface area contributed by atoms with E-state index >= 15 is 0 Å². The fourth-order valence-electron chi connectivity index (χ4n) is 1.44. The van der Waals surface area contributed by atoms with Gasteiger partial charge in [0.05, 0.1) is 11.4 Å². The van der Waals surface area contributed by atoms with Gasteiger partial charge in [0.2, 0.25) is 5.91 Å². The van der Waals surface area contributed by atoms with Crippen molar-refractivity contribution in [2.45, 2.75) is 19.5 Å². The standard InChI is InChI=1S/C12H14BrF2NO/c1-9(7-14)16(12(17)6-13)8-10-2-4-11(15)5-3-10/h2-5,9H,6-8H2,1H3/t9-/m0/s1. The minimum absolute atomic E-state index is 0.151. The van der Waals surface area contributed by atoms with Crippen LogP contribution in [-0.4, -0.2) is 28.9 Å². The van der Waals surface area contributed by atoms with Crippen molar-refractivity contribution in [3.63, 3.8) is 0 Å². The molecule has 5 heteroatoms. The molecule has 0 fully saturated rings. The lowest BCUT2D eigenvalue weighted by molar-refractivity contribution is -0.131. The third-order valence-electron chi connectivity index (χ3n) is 2.46. The molecule has 0 aliphatic rings. The molecule has 94 valence electrons. The van der Waals surface area contributed by atoms with Gasteiger partial charge in [-0.3, -0.25) is 4.79 Å². The lowest BCUT2D eigenvalue weighted by Crippen LogP contribution is -2.40. The fourth-order valence-corrected chi connectivity index (χ4v) is 1.76. The van der Waals surface area contributed by atoms with Crippen LogP contribution in [-0.2, 0) is 11.3 Å². The molecule has 1 rings (SSSR count). The highest BCUT2D eigenvalue weighted by atomic mass is 79.9. The summed E-state index contributed by atoms with van der Waals surface area (Å²) in [5, 5.41) is 0.151. The fraction of sp³-hybridized carbons (Fsp3) is 0.417. The first-order chi connectivity index (χ1) is 8.08. The van der Waals surface area contributed by atoms with Gasteiger partial charge in [-0.15, -0.1) is 0 Å². The Balaban J connectivity index is 2.78. The summed E-state index contributed by atoms with van der Waals surface area (Å²) in [5.74, 6) is -0.509. The lowest BCUT2D eigenvalue weighted by atomic mass is 10.2. The molecule has 0 aliphatic carbocycles. The first-order valence-corrected chi connectivity index (χ1v) is 6.36.